The van der Waals surface area contributed by atoms with E-state index in [9.17, 15) is 9.90 Å². The lowest BCUT2D eigenvalue weighted by molar-refractivity contribution is 0.00976. The van der Waals surface area contributed by atoms with Crippen LogP contribution < -0.4 is 0 Å². The van der Waals surface area contributed by atoms with Crippen molar-refractivity contribution < 1.29 is 14.6 Å². The summed E-state index contributed by atoms with van der Waals surface area (Å²) in [5.41, 5.74) is 1.94. The Balaban J connectivity index is 2.29. The number of amides is 1. The fourth-order valence-electron chi connectivity index (χ4n) is 3.11. The Morgan fingerprint density at radius 2 is 1.91 bits per heavy atom. The second kappa shape index (κ2) is 6.69. The van der Waals surface area contributed by atoms with Crippen molar-refractivity contribution in [2.75, 3.05) is 13.2 Å². The average Bonchev–Trinajstić information content (AvgIpc) is 2.44. The lowest BCUT2D eigenvalue weighted by Gasteiger charge is -2.38. The summed E-state index contributed by atoms with van der Waals surface area (Å²) in [6.07, 6.45) is 1.58. The molecule has 1 aliphatic carbocycles. The van der Waals surface area contributed by atoms with Crippen LogP contribution in [-0.2, 0) is 4.74 Å². The van der Waals surface area contributed by atoms with Gasteiger partial charge in [-0.1, -0.05) is 31.2 Å². The molecule has 1 aromatic carbocycles. The van der Waals surface area contributed by atoms with Crippen molar-refractivity contribution in [2.45, 2.75) is 58.1 Å². The Morgan fingerprint density at radius 1 is 1.27 bits per heavy atom. The van der Waals surface area contributed by atoms with Crippen LogP contribution in [0.15, 0.2) is 24.3 Å². The van der Waals surface area contributed by atoms with Crippen molar-refractivity contribution in [3.05, 3.63) is 35.4 Å². The maximum Gasteiger partial charge on any atom is 0.410 e. The number of carbonyl (C=O) groups excluding carboxylic acids is 1. The van der Waals surface area contributed by atoms with Crippen LogP contribution in [0, 0.1) is 0 Å². The number of benzene rings is 1. The van der Waals surface area contributed by atoms with E-state index >= 15 is 0 Å². The van der Waals surface area contributed by atoms with Gasteiger partial charge in [0.25, 0.3) is 0 Å². The van der Waals surface area contributed by atoms with Crippen LogP contribution in [0.2, 0.25) is 0 Å². The Labute approximate surface area is 133 Å². The monoisotopic (exact) mass is 305 g/mol. The minimum atomic E-state index is -0.535. The van der Waals surface area contributed by atoms with E-state index in [0.717, 1.165) is 12.8 Å². The first-order valence-corrected chi connectivity index (χ1v) is 8.03. The molecule has 2 unspecified atom stereocenters. The first-order chi connectivity index (χ1) is 10.3. The molecule has 1 amide bonds. The standard InChI is InChI=1S/C18H27NO3/c1-13-9-10-16(15-8-6-5-7-14(13)15)19(11-12-20)17(21)22-18(2,3)4/h5-8,13,16,20H,9-12H2,1-4H3. The van der Waals surface area contributed by atoms with Crippen molar-refractivity contribution in [3.8, 4) is 0 Å². The van der Waals surface area contributed by atoms with Crippen LogP contribution in [0.5, 0.6) is 0 Å². The van der Waals surface area contributed by atoms with Crippen LogP contribution in [0.4, 0.5) is 4.79 Å². The minimum Gasteiger partial charge on any atom is -0.444 e. The Bertz CT molecular complexity index is 521. The molecule has 0 spiro atoms. The second-order valence-corrected chi connectivity index (χ2v) is 7.02. The van der Waals surface area contributed by atoms with Crippen molar-refractivity contribution in [2.24, 2.45) is 0 Å². The van der Waals surface area contributed by atoms with Gasteiger partial charge in [0.2, 0.25) is 0 Å². The SMILES string of the molecule is CC1CCC(N(CCO)C(=O)OC(C)(C)C)c2ccccc21. The summed E-state index contributed by atoms with van der Waals surface area (Å²) in [6, 6.07) is 8.26. The van der Waals surface area contributed by atoms with E-state index < -0.39 is 5.60 Å². The Hall–Kier alpha value is -1.55. The zero-order valence-corrected chi connectivity index (χ0v) is 14.0. The van der Waals surface area contributed by atoms with Gasteiger partial charge in [0.05, 0.1) is 12.6 Å². The highest BCUT2D eigenvalue weighted by Gasteiger charge is 2.33. The molecular formula is C18H27NO3. The minimum absolute atomic E-state index is 0.0191. The van der Waals surface area contributed by atoms with Crippen LogP contribution >= 0.6 is 0 Å². The van der Waals surface area contributed by atoms with Gasteiger partial charge in [-0.05, 0) is 50.7 Å². The molecule has 2 atom stereocenters. The van der Waals surface area contributed by atoms with Gasteiger partial charge in [0, 0.05) is 6.54 Å². The van der Waals surface area contributed by atoms with E-state index in [1.54, 1.807) is 4.90 Å². The molecule has 2 rings (SSSR count). The normalized spacial score (nSPS) is 21.1. The molecule has 0 aromatic heterocycles. The first-order valence-electron chi connectivity index (χ1n) is 8.03. The van der Waals surface area contributed by atoms with E-state index in [1.165, 1.54) is 11.1 Å². The van der Waals surface area contributed by atoms with Gasteiger partial charge in [0.15, 0.2) is 0 Å². The zero-order valence-electron chi connectivity index (χ0n) is 14.0. The number of nitrogens with zero attached hydrogens (tertiary/aromatic N) is 1. The molecule has 0 radical (unpaired) electrons. The van der Waals surface area contributed by atoms with Crippen molar-refractivity contribution in [3.63, 3.8) is 0 Å². The lowest BCUT2D eigenvalue weighted by Crippen LogP contribution is -2.42. The predicted molar refractivity (Wildman–Crippen MR) is 86.9 cm³/mol. The van der Waals surface area contributed by atoms with Gasteiger partial charge < -0.3 is 9.84 Å². The zero-order chi connectivity index (χ0) is 16.3. The van der Waals surface area contributed by atoms with Crippen molar-refractivity contribution in [1.82, 2.24) is 4.90 Å². The maximum absolute atomic E-state index is 12.5. The van der Waals surface area contributed by atoms with Crippen molar-refractivity contribution in [1.29, 1.82) is 0 Å². The highest BCUT2D eigenvalue weighted by molar-refractivity contribution is 5.69. The third-order valence-corrected chi connectivity index (χ3v) is 4.10. The summed E-state index contributed by atoms with van der Waals surface area (Å²) in [7, 11) is 0. The highest BCUT2D eigenvalue weighted by atomic mass is 16.6. The number of aliphatic hydroxyl groups is 1. The quantitative estimate of drug-likeness (QED) is 0.922. The number of hydrogen-bond donors (Lipinski definition) is 1. The maximum atomic E-state index is 12.5. The predicted octanol–water partition coefficient (Wildman–Crippen LogP) is 3.85. The van der Waals surface area contributed by atoms with E-state index in [0.29, 0.717) is 12.5 Å². The van der Waals surface area contributed by atoms with Gasteiger partial charge in [-0.2, -0.15) is 0 Å². The molecule has 122 valence electrons. The van der Waals surface area contributed by atoms with E-state index in [-0.39, 0.29) is 18.7 Å². The van der Waals surface area contributed by atoms with Crippen LogP contribution in [0.3, 0.4) is 0 Å². The fraction of sp³-hybridized carbons (Fsp3) is 0.611. The van der Waals surface area contributed by atoms with E-state index in [4.69, 9.17) is 4.74 Å². The van der Waals surface area contributed by atoms with Crippen LogP contribution in [0.25, 0.3) is 0 Å². The van der Waals surface area contributed by atoms with Gasteiger partial charge in [-0.15, -0.1) is 0 Å². The number of hydrogen-bond acceptors (Lipinski definition) is 3. The van der Waals surface area contributed by atoms with E-state index in [2.05, 4.69) is 19.1 Å². The summed E-state index contributed by atoms with van der Waals surface area (Å²) in [5, 5.41) is 9.37. The first kappa shape index (κ1) is 16.8. The van der Waals surface area contributed by atoms with Gasteiger partial charge >= 0.3 is 6.09 Å². The molecule has 1 aromatic rings. The topological polar surface area (TPSA) is 49.8 Å². The lowest BCUT2D eigenvalue weighted by atomic mass is 9.80. The number of carbonyl (C=O) groups is 1. The van der Waals surface area contributed by atoms with Crippen molar-refractivity contribution >= 4 is 6.09 Å². The van der Waals surface area contributed by atoms with Gasteiger partial charge in [-0.3, -0.25) is 4.90 Å². The molecule has 1 N–H and O–H groups in total. The molecule has 0 bridgehead atoms. The molecule has 0 saturated carbocycles. The van der Waals surface area contributed by atoms with Crippen LogP contribution in [0.1, 0.15) is 63.6 Å². The third kappa shape index (κ3) is 3.80. The summed E-state index contributed by atoms with van der Waals surface area (Å²) in [4.78, 5) is 14.2. The summed E-state index contributed by atoms with van der Waals surface area (Å²) in [6.45, 7) is 8.03. The second-order valence-electron chi connectivity index (χ2n) is 7.02. The Kier molecular flexibility index (Phi) is 5.12. The fourth-order valence-corrected chi connectivity index (χ4v) is 3.11. The number of ether oxygens (including phenoxy) is 1. The average molecular weight is 305 g/mol. The number of aliphatic hydroxyl groups excluding tert-OH is 1. The molecule has 0 heterocycles. The number of fused-ring (bicyclic) bond motifs is 1. The number of rotatable bonds is 3. The summed E-state index contributed by atoms with van der Waals surface area (Å²) >= 11 is 0. The van der Waals surface area contributed by atoms with Gasteiger partial charge in [-0.25, -0.2) is 4.79 Å². The van der Waals surface area contributed by atoms with Gasteiger partial charge in [0.1, 0.15) is 5.60 Å². The molecule has 0 aliphatic heterocycles. The molecule has 22 heavy (non-hydrogen) atoms. The molecule has 4 nitrogen and oxygen atoms in total. The summed E-state index contributed by atoms with van der Waals surface area (Å²) in [5.74, 6) is 0.502. The molecule has 0 saturated heterocycles. The molecule has 4 heteroatoms. The largest absolute Gasteiger partial charge is 0.444 e. The third-order valence-electron chi connectivity index (χ3n) is 4.10. The Morgan fingerprint density at radius 3 is 2.50 bits per heavy atom. The highest BCUT2D eigenvalue weighted by Crippen LogP contribution is 2.40. The molecule has 1 aliphatic rings. The van der Waals surface area contributed by atoms with Crippen LogP contribution in [-0.4, -0.2) is 34.9 Å². The smallest absolute Gasteiger partial charge is 0.410 e. The molecule has 0 fully saturated rings. The van der Waals surface area contributed by atoms with E-state index in [1.807, 2.05) is 32.9 Å². The molecular weight excluding hydrogens is 278 g/mol. The summed E-state index contributed by atoms with van der Waals surface area (Å²) < 4.78 is 5.52.